The summed E-state index contributed by atoms with van der Waals surface area (Å²) in [5.41, 5.74) is 0.456. The van der Waals surface area contributed by atoms with Gasteiger partial charge in [0, 0.05) is 13.1 Å². The number of rotatable bonds is 12. The molecule has 2 amide bonds. The second-order valence-electron chi connectivity index (χ2n) is 7.91. The highest BCUT2D eigenvalue weighted by molar-refractivity contribution is 7.92. The molecular weight excluding hydrogens is 461 g/mol. The number of hydrogen-bond acceptors (Lipinski definition) is 5. The number of ether oxygens (including phenoxy) is 1. The summed E-state index contributed by atoms with van der Waals surface area (Å²) in [6.45, 7) is 3.42. The summed E-state index contributed by atoms with van der Waals surface area (Å²) in [7, 11) is -2.47. The van der Waals surface area contributed by atoms with Gasteiger partial charge < -0.3 is 15.0 Å². The summed E-state index contributed by atoms with van der Waals surface area (Å²) < 4.78 is 45.3. The predicted molar refractivity (Wildman–Crippen MR) is 130 cm³/mol. The van der Waals surface area contributed by atoms with E-state index in [1.807, 2.05) is 6.92 Å². The normalized spacial score (nSPS) is 12.0. The second kappa shape index (κ2) is 12.4. The third-order valence-corrected chi connectivity index (χ3v) is 6.41. The lowest BCUT2D eigenvalue weighted by molar-refractivity contribution is -0.139. The van der Waals surface area contributed by atoms with Crippen LogP contribution in [-0.4, -0.2) is 57.6 Å². The molecule has 2 aromatic carbocycles. The molecule has 2 rings (SSSR count). The van der Waals surface area contributed by atoms with Crippen molar-refractivity contribution < 1.29 is 27.1 Å². The van der Waals surface area contributed by atoms with Gasteiger partial charge in [-0.15, -0.1) is 0 Å². The van der Waals surface area contributed by atoms with Gasteiger partial charge in [-0.25, -0.2) is 12.8 Å². The number of nitrogens with zero attached hydrogens (tertiary/aromatic N) is 2. The molecule has 0 fully saturated rings. The van der Waals surface area contributed by atoms with Crippen molar-refractivity contribution in [3.63, 3.8) is 0 Å². The highest BCUT2D eigenvalue weighted by atomic mass is 32.2. The maximum atomic E-state index is 14.4. The fraction of sp³-hybridized carbons (Fsp3) is 0.417. The number of amides is 2. The fourth-order valence-corrected chi connectivity index (χ4v) is 4.19. The van der Waals surface area contributed by atoms with Gasteiger partial charge in [-0.3, -0.25) is 13.9 Å². The number of methoxy groups -OCH3 is 1. The molecule has 186 valence electrons. The number of halogens is 1. The molecule has 0 bridgehead atoms. The average Bonchev–Trinajstić information content (AvgIpc) is 2.80. The summed E-state index contributed by atoms with van der Waals surface area (Å²) in [5, 5.41) is 2.80. The Morgan fingerprint density at radius 3 is 2.47 bits per heavy atom. The summed E-state index contributed by atoms with van der Waals surface area (Å²) in [6.07, 6.45) is 2.59. The number of carbonyl (C=O) groups excluding carboxylic acids is 2. The molecule has 0 aliphatic carbocycles. The minimum atomic E-state index is -3.99. The summed E-state index contributed by atoms with van der Waals surface area (Å²) in [4.78, 5) is 27.5. The Balaban J connectivity index is 2.37. The van der Waals surface area contributed by atoms with E-state index in [9.17, 15) is 22.4 Å². The largest absolute Gasteiger partial charge is 0.497 e. The van der Waals surface area contributed by atoms with Gasteiger partial charge in [0.1, 0.15) is 24.2 Å². The number of carbonyl (C=O) groups is 2. The van der Waals surface area contributed by atoms with Crippen molar-refractivity contribution in [3.8, 4) is 5.75 Å². The number of sulfonamides is 1. The van der Waals surface area contributed by atoms with E-state index in [-0.39, 0.29) is 18.1 Å². The van der Waals surface area contributed by atoms with Crippen LogP contribution in [0.3, 0.4) is 0 Å². The number of benzene rings is 2. The standard InChI is InChI=1S/C24H32FN3O5S/c1-5-6-14-26-24(30)18(2)27(16-19-10-9-11-20(15-19)33-3)23(29)17-28(34(4,31)32)22-13-8-7-12-21(22)25/h7-13,15,18H,5-6,14,16-17H2,1-4H3,(H,26,30). The van der Waals surface area contributed by atoms with E-state index in [0.717, 1.165) is 25.2 Å². The number of unbranched alkanes of at least 4 members (excludes halogenated alkanes) is 1. The fourth-order valence-electron chi connectivity index (χ4n) is 3.33. The SMILES string of the molecule is CCCCNC(=O)C(C)N(Cc1cccc(OC)c1)C(=O)CN(c1ccccc1F)S(C)(=O)=O. The zero-order valence-corrected chi connectivity index (χ0v) is 20.8. The van der Waals surface area contributed by atoms with Gasteiger partial charge >= 0.3 is 0 Å². The zero-order chi connectivity index (χ0) is 25.3. The first-order valence-electron chi connectivity index (χ1n) is 11.0. The van der Waals surface area contributed by atoms with Crippen LogP contribution in [0, 0.1) is 5.82 Å². The van der Waals surface area contributed by atoms with E-state index < -0.39 is 34.3 Å². The topological polar surface area (TPSA) is 96.0 Å². The van der Waals surface area contributed by atoms with Gasteiger partial charge in [0.15, 0.2) is 0 Å². The smallest absolute Gasteiger partial charge is 0.244 e. The van der Waals surface area contributed by atoms with Gasteiger partial charge in [-0.1, -0.05) is 37.6 Å². The number of nitrogens with one attached hydrogen (secondary N) is 1. The Morgan fingerprint density at radius 1 is 1.15 bits per heavy atom. The molecule has 1 atom stereocenters. The molecule has 0 radical (unpaired) electrons. The van der Waals surface area contributed by atoms with Crippen molar-refractivity contribution in [2.75, 3.05) is 30.8 Å². The van der Waals surface area contributed by atoms with Crippen LogP contribution in [0.2, 0.25) is 0 Å². The van der Waals surface area contributed by atoms with Crippen molar-refractivity contribution >= 4 is 27.5 Å². The average molecular weight is 494 g/mol. The van der Waals surface area contributed by atoms with Gasteiger partial charge in [0.25, 0.3) is 0 Å². The van der Waals surface area contributed by atoms with E-state index >= 15 is 0 Å². The van der Waals surface area contributed by atoms with E-state index in [2.05, 4.69) is 5.32 Å². The van der Waals surface area contributed by atoms with Crippen LogP contribution in [0.15, 0.2) is 48.5 Å². The molecule has 1 unspecified atom stereocenters. The first-order chi connectivity index (χ1) is 16.1. The minimum Gasteiger partial charge on any atom is -0.497 e. The monoisotopic (exact) mass is 493 g/mol. The van der Waals surface area contributed by atoms with Crippen molar-refractivity contribution in [3.05, 3.63) is 59.9 Å². The molecule has 1 N–H and O–H groups in total. The van der Waals surface area contributed by atoms with Crippen molar-refractivity contribution in [1.82, 2.24) is 10.2 Å². The van der Waals surface area contributed by atoms with Crippen LogP contribution in [0.4, 0.5) is 10.1 Å². The Bertz CT molecular complexity index is 1090. The first kappa shape index (κ1) is 27.1. The lowest BCUT2D eigenvalue weighted by Gasteiger charge is -2.31. The molecule has 0 saturated carbocycles. The predicted octanol–water partition coefficient (Wildman–Crippen LogP) is 2.93. The molecule has 0 aliphatic rings. The number of hydrogen-bond donors (Lipinski definition) is 1. The maximum Gasteiger partial charge on any atom is 0.244 e. The molecular formula is C24H32FN3O5S. The lowest BCUT2D eigenvalue weighted by atomic mass is 10.1. The maximum absolute atomic E-state index is 14.4. The third kappa shape index (κ3) is 7.44. The molecule has 0 spiro atoms. The van der Waals surface area contributed by atoms with Crippen molar-refractivity contribution in [2.45, 2.75) is 39.3 Å². The Hall–Kier alpha value is -3.14. The van der Waals surface area contributed by atoms with E-state index in [1.54, 1.807) is 31.2 Å². The Labute approximate surface area is 200 Å². The number of para-hydroxylation sites is 1. The Kier molecular flexibility index (Phi) is 9.85. The van der Waals surface area contributed by atoms with Crippen LogP contribution < -0.4 is 14.4 Å². The van der Waals surface area contributed by atoms with E-state index in [0.29, 0.717) is 22.2 Å². The molecule has 0 saturated heterocycles. The summed E-state index contributed by atoms with van der Waals surface area (Å²) in [5.74, 6) is -1.20. The van der Waals surface area contributed by atoms with E-state index in [4.69, 9.17) is 4.74 Å². The minimum absolute atomic E-state index is 0.0350. The van der Waals surface area contributed by atoms with E-state index in [1.165, 1.54) is 30.2 Å². The van der Waals surface area contributed by atoms with Crippen LogP contribution in [0.25, 0.3) is 0 Å². The highest BCUT2D eigenvalue weighted by Gasteiger charge is 2.30. The molecule has 0 aromatic heterocycles. The molecule has 8 nitrogen and oxygen atoms in total. The molecule has 10 heteroatoms. The van der Waals surface area contributed by atoms with Gasteiger partial charge in [-0.05, 0) is 43.2 Å². The van der Waals surface area contributed by atoms with Crippen LogP contribution >= 0.6 is 0 Å². The van der Waals surface area contributed by atoms with Crippen LogP contribution in [-0.2, 0) is 26.2 Å². The summed E-state index contributed by atoms with van der Waals surface area (Å²) >= 11 is 0. The van der Waals surface area contributed by atoms with Crippen LogP contribution in [0.1, 0.15) is 32.3 Å². The third-order valence-electron chi connectivity index (χ3n) is 5.28. The quantitative estimate of drug-likeness (QED) is 0.459. The van der Waals surface area contributed by atoms with Crippen molar-refractivity contribution in [1.29, 1.82) is 0 Å². The number of anilines is 1. The second-order valence-corrected chi connectivity index (χ2v) is 9.82. The lowest BCUT2D eigenvalue weighted by Crippen LogP contribution is -2.51. The molecule has 2 aromatic rings. The Morgan fingerprint density at radius 2 is 1.85 bits per heavy atom. The van der Waals surface area contributed by atoms with Gasteiger partial charge in [-0.2, -0.15) is 0 Å². The van der Waals surface area contributed by atoms with Crippen molar-refractivity contribution in [2.24, 2.45) is 0 Å². The van der Waals surface area contributed by atoms with Crippen LogP contribution in [0.5, 0.6) is 5.75 Å². The zero-order valence-electron chi connectivity index (χ0n) is 20.0. The summed E-state index contributed by atoms with van der Waals surface area (Å²) in [6, 6.07) is 11.4. The first-order valence-corrected chi connectivity index (χ1v) is 12.9. The molecule has 0 aliphatic heterocycles. The molecule has 34 heavy (non-hydrogen) atoms. The highest BCUT2D eigenvalue weighted by Crippen LogP contribution is 2.22. The van der Waals surface area contributed by atoms with Gasteiger partial charge in [0.2, 0.25) is 21.8 Å². The van der Waals surface area contributed by atoms with Gasteiger partial charge in [0.05, 0.1) is 19.1 Å². The molecule has 0 heterocycles.